The van der Waals surface area contributed by atoms with Crippen LogP contribution < -0.4 is 0 Å². The molecule has 1 aromatic rings. The van der Waals surface area contributed by atoms with Gasteiger partial charge in [-0.25, -0.2) is 26.0 Å². The summed E-state index contributed by atoms with van der Waals surface area (Å²) in [4.78, 5) is -1.57. The standard InChI is InChI=1S/C10H10F4O2S/c1-10(2,3)17(15,16)9-7(13)5(11)4-6(12)8(9)14/h4H,1-3H3. The Labute approximate surface area is 96.2 Å². The predicted octanol–water partition coefficient (Wildman–Crippen LogP) is 2.82. The molecule has 0 fully saturated rings. The highest BCUT2D eigenvalue weighted by Gasteiger charge is 2.38. The molecule has 0 N–H and O–H groups in total. The van der Waals surface area contributed by atoms with E-state index in [1.54, 1.807) is 0 Å². The van der Waals surface area contributed by atoms with Gasteiger partial charge in [-0.2, -0.15) is 0 Å². The van der Waals surface area contributed by atoms with Crippen LogP contribution in [0.15, 0.2) is 11.0 Å². The number of benzene rings is 1. The zero-order valence-corrected chi connectivity index (χ0v) is 10.1. The summed E-state index contributed by atoms with van der Waals surface area (Å²) in [6.07, 6.45) is 0. The van der Waals surface area contributed by atoms with Crippen molar-refractivity contribution in [2.75, 3.05) is 0 Å². The molecule has 96 valence electrons. The van der Waals surface area contributed by atoms with Gasteiger partial charge in [0.05, 0.1) is 4.75 Å². The third-order valence-electron chi connectivity index (χ3n) is 2.15. The minimum Gasteiger partial charge on any atom is -0.223 e. The van der Waals surface area contributed by atoms with E-state index in [1.807, 2.05) is 0 Å². The summed E-state index contributed by atoms with van der Waals surface area (Å²) in [6.45, 7) is 3.51. The molecule has 0 saturated carbocycles. The summed E-state index contributed by atoms with van der Waals surface area (Å²) in [5.74, 6) is -7.30. The maximum atomic E-state index is 13.3. The van der Waals surface area contributed by atoms with Crippen molar-refractivity contribution in [3.8, 4) is 0 Å². The van der Waals surface area contributed by atoms with Crippen molar-refractivity contribution in [3.63, 3.8) is 0 Å². The first-order valence-electron chi connectivity index (χ1n) is 4.57. The molecule has 0 bridgehead atoms. The van der Waals surface area contributed by atoms with E-state index in [-0.39, 0.29) is 6.07 Å². The van der Waals surface area contributed by atoms with Gasteiger partial charge < -0.3 is 0 Å². The van der Waals surface area contributed by atoms with Crippen LogP contribution in [0.4, 0.5) is 17.6 Å². The number of rotatable bonds is 1. The third kappa shape index (κ3) is 2.15. The van der Waals surface area contributed by atoms with Crippen LogP contribution >= 0.6 is 0 Å². The summed E-state index contributed by atoms with van der Waals surface area (Å²) < 4.78 is 74.4. The van der Waals surface area contributed by atoms with Gasteiger partial charge in [0.1, 0.15) is 4.90 Å². The van der Waals surface area contributed by atoms with Crippen molar-refractivity contribution in [2.24, 2.45) is 0 Å². The van der Waals surface area contributed by atoms with E-state index in [1.165, 1.54) is 20.8 Å². The number of hydrogen-bond acceptors (Lipinski definition) is 2. The van der Waals surface area contributed by atoms with Gasteiger partial charge in [0.2, 0.25) is 0 Å². The van der Waals surface area contributed by atoms with Gasteiger partial charge in [0.15, 0.2) is 33.1 Å². The molecule has 0 aliphatic carbocycles. The van der Waals surface area contributed by atoms with Crippen molar-refractivity contribution in [2.45, 2.75) is 30.4 Å². The lowest BCUT2D eigenvalue weighted by Gasteiger charge is -2.20. The molecule has 0 atom stereocenters. The molecule has 1 aromatic carbocycles. The molecule has 0 aliphatic heterocycles. The van der Waals surface area contributed by atoms with Gasteiger partial charge in [-0.1, -0.05) is 0 Å². The third-order valence-corrected chi connectivity index (χ3v) is 4.65. The molecule has 0 aromatic heterocycles. The van der Waals surface area contributed by atoms with Crippen LogP contribution in [-0.2, 0) is 9.84 Å². The highest BCUT2D eigenvalue weighted by molar-refractivity contribution is 7.92. The van der Waals surface area contributed by atoms with Crippen LogP contribution in [0.2, 0.25) is 0 Å². The van der Waals surface area contributed by atoms with Crippen molar-refractivity contribution < 1.29 is 26.0 Å². The molecule has 0 spiro atoms. The van der Waals surface area contributed by atoms with E-state index in [9.17, 15) is 26.0 Å². The minimum absolute atomic E-state index is 0.0354. The monoisotopic (exact) mass is 270 g/mol. The number of hydrogen-bond donors (Lipinski definition) is 0. The lowest BCUT2D eigenvalue weighted by atomic mass is 10.3. The first kappa shape index (κ1) is 14.0. The lowest BCUT2D eigenvalue weighted by molar-refractivity contribution is 0.416. The maximum absolute atomic E-state index is 13.3. The van der Waals surface area contributed by atoms with E-state index < -0.39 is 42.7 Å². The van der Waals surface area contributed by atoms with Gasteiger partial charge in [0.25, 0.3) is 0 Å². The molecule has 0 aliphatic rings. The smallest absolute Gasteiger partial charge is 0.189 e. The zero-order chi connectivity index (χ0) is 13.6. The molecule has 2 nitrogen and oxygen atoms in total. The molecule has 0 heterocycles. The summed E-state index contributed by atoms with van der Waals surface area (Å²) in [7, 11) is -4.51. The van der Waals surface area contributed by atoms with Gasteiger partial charge in [-0.05, 0) is 20.8 Å². The Kier molecular flexibility index (Phi) is 3.26. The van der Waals surface area contributed by atoms with Gasteiger partial charge in [0, 0.05) is 6.07 Å². The molecule has 0 radical (unpaired) electrons. The van der Waals surface area contributed by atoms with Crippen molar-refractivity contribution in [3.05, 3.63) is 29.3 Å². The Bertz CT molecular complexity index is 532. The molecular weight excluding hydrogens is 260 g/mol. The Balaban J connectivity index is 3.76. The van der Waals surface area contributed by atoms with E-state index in [0.29, 0.717) is 0 Å². The molecule has 0 unspecified atom stereocenters. The largest absolute Gasteiger partial charge is 0.223 e. The van der Waals surface area contributed by atoms with Crippen LogP contribution in [0, 0.1) is 23.3 Å². The quantitative estimate of drug-likeness (QED) is 0.581. The average Bonchev–Trinajstić information content (AvgIpc) is 2.13. The van der Waals surface area contributed by atoms with Crippen LogP contribution in [0.5, 0.6) is 0 Å². The fraction of sp³-hybridized carbons (Fsp3) is 0.400. The second-order valence-electron chi connectivity index (χ2n) is 4.41. The summed E-state index contributed by atoms with van der Waals surface area (Å²) in [5, 5.41) is 0. The Morgan fingerprint density at radius 1 is 0.941 bits per heavy atom. The topological polar surface area (TPSA) is 34.1 Å². The Morgan fingerprint density at radius 2 is 1.29 bits per heavy atom. The first-order chi connectivity index (χ1) is 7.50. The molecule has 7 heteroatoms. The first-order valence-corrected chi connectivity index (χ1v) is 6.06. The van der Waals surface area contributed by atoms with Gasteiger partial charge in [-0.15, -0.1) is 0 Å². The Morgan fingerprint density at radius 3 is 1.59 bits per heavy atom. The van der Waals surface area contributed by atoms with Crippen LogP contribution in [0.1, 0.15) is 20.8 Å². The van der Waals surface area contributed by atoms with Crippen molar-refractivity contribution in [1.82, 2.24) is 0 Å². The summed E-state index contributed by atoms with van der Waals surface area (Å²) in [6, 6.07) is -0.0354. The van der Waals surface area contributed by atoms with Crippen molar-refractivity contribution in [1.29, 1.82) is 0 Å². The SMILES string of the molecule is CC(C)(C)S(=O)(=O)c1c(F)c(F)cc(F)c1F. The van der Waals surface area contributed by atoms with Gasteiger partial charge in [-0.3, -0.25) is 0 Å². The van der Waals surface area contributed by atoms with E-state index >= 15 is 0 Å². The molecule has 0 amide bonds. The van der Waals surface area contributed by atoms with Crippen LogP contribution in [-0.4, -0.2) is 13.2 Å². The minimum atomic E-state index is -4.51. The lowest BCUT2D eigenvalue weighted by Crippen LogP contribution is -2.30. The van der Waals surface area contributed by atoms with Crippen LogP contribution in [0.3, 0.4) is 0 Å². The predicted molar refractivity (Wildman–Crippen MR) is 53.2 cm³/mol. The normalized spacial score (nSPS) is 12.9. The molecular formula is C10H10F4O2S. The van der Waals surface area contributed by atoms with Crippen LogP contribution in [0.25, 0.3) is 0 Å². The molecule has 0 saturated heterocycles. The summed E-state index contributed by atoms with van der Waals surface area (Å²) in [5.41, 5.74) is 0. The van der Waals surface area contributed by atoms with E-state index in [4.69, 9.17) is 0 Å². The number of halogens is 4. The number of sulfone groups is 1. The van der Waals surface area contributed by atoms with Gasteiger partial charge >= 0.3 is 0 Å². The van der Waals surface area contributed by atoms with Crippen molar-refractivity contribution >= 4 is 9.84 Å². The molecule has 17 heavy (non-hydrogen) atoms. The summed E-state index contributed by atoms with van der Waals surface area (Å²) >= 11 is 0. The fourth-order valence-corrected chi connectivity index (χ4v) is 2.37. The average molecular weight is 270 g/mol. The highest BCUT2D eigenvalue weighted by atomic mass is 32.2. The molecule has 1 rings (SSSR count). The second kappa shape index (κ2) is 3.97. The zero-order valence-electron chi connectivity index (χ0n) is 9.31. The maximum Gasteiger partial charge on any atom is 0.189 e. The highest BCUT2D eigenvalue weighted by Crippen LogP contribution is 2.31. The fourth-order valence-electron chi connectivity index (χ4n) is 1.09. The second-order valence-corrected chi connectivity index (χ2v) is 7.05. The van der Waals surface area contributed by atoms with E-state index in [0.717, 1.165) is 0 Å². The van der Waals surface area contributed by atoms with E-state index in [2.05, 4.69) is 0 Å². The Hall–Kier alpha value is -1.11.